The highest BCUT2D eigenvalue weighted by Crippen LogP contribution is 2.34. The van der Waals surface area contributed by atoms with Crippen LogP contribution in [-0.2, 0) is 22.3 Å². The molecular formula is C15H17NO4S. The molecule has 1 aromatic carbocycles. The SMILES string of the molecule is Cc1nc(C[S@@](=O)Cc2cccc3c2OCCO3)oc1C. The summed E-state index contributed by atoms with van der Waals surface area (Å²) in [6.07, 6.45) is 0. The lowest BCUT2D eigenvalue weighted by Crippen LogP contribution is -2.17. The van der Waals surface area contributed by atoms with Gasteiger partial charge in [0.1, 0.15) is 24.7 Å². The van der Waals surface area contributed by atoms with Crippen LogP contribution in [0.4, 0.5) is 0 Å². The quantitative estimate of drug-likeness (QED) is 0.868. The van der Waals surface area contributed by atoms with Crippen LogP contribution in [0.3, 0.4) is 0 Å². The number of aromatic nitrogens is 1. The van der Waals surface area contributed by atoms with Crippen molar-refractivity contribution in [2.45, 2.75) is 25.4 Å². The van der Waals surface area contributed by atoms with Gasteiger partial charge in [-0.3, -0.25) is 4.21 Å². The van der Waals surface area contributed by atoms with Crippen LogP contribution in [-0.4, -0.2) is 22.4 Å². The van der Waals surface area contributed by atoms with Crippen LogP contribution >= 0.6 is 0 Å². The molecule has 2 heterocycles. The van der Waals surface area contributed by atoms with E-state index in [2.05, 4.69) is 4.98 Å². The summed E-state index contributed by atoms with van der Waals surface area (Å²) in [5, 5.41) is 0. The lowest BCUT2D eigenvalue weighted by atomic mass is 10.2. The molecule has 0 amide bonds. The number of ether oxygens (including phenoxy) is 2. The zero-order valence-electron chi connectivity index (χ0n) is 12.0. The van der Waals surface area contributed by atoms with Gasteiger partial charge in [0.2, 0.25) is 5.89 Å². The Kier molecular flexibility index (Phi) is 3.96. The second-order valence-corrected chi connectivity index (χ2v) is 6.38. The van der Waals surface area contributed by atoms with E-state index in [-0.39, 0.29) is 0 Å². The Bertz CT molecular complexity index is 661. The second kappa shape index (κ2) is 5.89. The topological polar surface area (TPSA) is 61.6 Å². The van der Waals surface area contributed by atoms with E-state index in [9.17, 15) is 4.21 Å². The molecule has 0 N–H and O–H groups in total. The Hall–Kier alpha value is -1.82. The molecule has 21 heavy (non-hydrogen) atoms. The number of aryl methyl sites for hydroxylation is 2. The van der Waals surface area contributed by atoms with Crippen LogP contribution in [0.5, 0.6) is 11.5 Å². The number of benzene rings is 1. The summed E-state index contributed by atoms with van der Waals surface area (Å²) in [4.78, 5) is 4.26. The largest absolute Gasteiger partial charge is 0.486 e. The molecule has 1 atom stereocenters. The van der Waals surface area contributed by atoms with Gasteiger partial charge in [-0.05, 0) is 19.9 Å². The molecule has 3 rings (SSSR count). The minimum atomic E-state index is -1.11. The van der Waals surface area contributed by atoms with Crippen LogP contribution in [0.1, 0.15) is 22.9 Å². The van der Waals surface area contributed by atoms with Gasteiger partial charge in [0, 0.05) is 16.4 Å². The predicted molar refractivity (Wildman–Crippen MR) is 79.0 cm³/mol. The van der Waals surface area contributed by atoms with E-state index in [1.165, 1.54) is 0 Å². The van der Waals surface area contributed by atoms with E-state index < -0.39 is 10.8 Å². The molecule has 1 aliphatic rings. The Balaban J connectivity index is 1.73. The van der Waals surface area contributed by atoms with Crippen molar-refractivity contribution in [2.75, 3.05) is 13.2 Å². The maximum Gasteiger partial charge on any atom is 0.207 e. The molecule has 0 saturated heterocycles. The summed E-state index contributed by atoms with van der Waals surface area (Å²) in [6.45, 7) is 4.81. The third kappa shape index (κ3) is 3.10. The standard InChI is InChI=1S/C15H17NO4S/c1-10-11(2)20-14(16-10)9-21(17)8-12-4-3-5-13-15(12)19-7-6-18-13/h3-5H,6-9H2,1-2H3/t21-/m0/s1. The fourth-order valence-corrected chi connectivity index (χ4v) is 3.29. The number of oxazole rings is 1. The predicted octanol–water partition coefficient (Wildman–Crippen LogP) is 2.51. The molecule has 0 bridgehead atoms. The zero-order valence-corrected chi connectivity index (χ0v) is 12.9. The highest BCUT2D eigenvalue weighted by atomic mass is 32.2. The van der Waals surface area contributed by atoms with Crippen LogP contribution in [0.25, 0.3) is 0 Å². The number of hydrogen-bond donors (Lipinski definition) is 0. The summed E-state index contributed by atoms with van der Waals surface area (Å²) in [5.74, 6) is 3.42. The van der Waals surface area contributed by atoms with Crippen molar-refractivity contribution in [3.63, 3.8) is 0 Å². The van der Waals surface area contributed by atoms with E-state index in [1.807, 2.05) is 32.0 Å². The molecule has 0 aliphatic carbocycles. The fourth-order valence-electron chi connectivity index (χ4n) is 2.21. The van der Waals surface area contributed by atoms with Crippen molar-refractivity contribution in [2.24, 2.45) is 0 Å². The molecule has 2 aromatic rings. The molecule has 0 saturated carbocycles. The number of nitrogens with zero attached hydrogens (tertiary/aromatic N) is 1. The minimum absolute atomic E-state index is 0.305. The highest BCUT2D eigenvalue weighted by Gasteiger charge is 2.18. The maximum atomic E-state index is 12.3. The summed E-state index contributed by atoms with van der Waals surface area (Å²) in [7, 11) is -1.11. The minimum Gasteiger partial charge on any atom is -0.486 e. The lowest BCUT2D eigenvalue weighted by Gasteiger charge is -2.20. The molecule has 1 aromatic heterocycles. The maximum absolute atomic E-state index is 12.3. The molecular weight excluding hydrogens is 290 g/mol. The number of rotatable bonds is 4. The Morgan fingerprint density at radius 2 is 2.00 bits per heavy atom. The van der Waals surface area contributed by atoms with Gasteiger partial charge in [-0.15, -0.1) is 0 Å². The molecule has 0 spiro atoms. The summed E-state index contributed by atoms with van der Waals surface area (Å²) < 4.78 is 28.9. The molecule has 0 fully saturated rings. The van der Waals surface area contributed by atoms with E-state index in [0.29, 0.717) is 36.4 Å². The van der Waals surface area contributed by atoms with Gasteiger partial charge in [-0.2, -0.15) is 0 Å². The third-order valence-electron chi connectivity index (χ3n) is 3.32. The Morgan fingerprint density at radius 1 is 1.19 bits per heavy atom. The van der Waals surface area contributed by atoms with Crippen LogP contribution in [0, 0.1) is 13.8 Å². The van der Waals surface area contributed by atoms with Gasteiger partial charge < -0.3 is 13.9 Å². The first-order valence-electron chi connectivity index (χ1n) is 6.79. The Morgan fingerprint density at radius 3 is 2.76 bits per heavy atom. The van der Waals surface area contributed by atoms with Crippen molar-refractivity contribution < 1.29 is 18.1 Å². The monoisotopic (exact) mass is 307 g/mol. The second-order valence-electron chi connectivity index (χ2n) is 4.92. The van der Waals surface area contributed by atoms with E-state index >= 15 is 0 Å². The fraction of sp³-hybridized carbons (Fsp3) is 0.400. The van der Waals surface area contributed by atoms with Crippen molar-refractivity contribution >= 4 is 10.8 Å². The molecule has 0 unspecified atom stereocenters. The van der Waals surface area contributed by atoms with Gasteiger partial charge in [0.25, 0.3) is 0 Å². The van der Waals surface area contributed by atoms with Crippen LogP contribution < -0.4 is 9.47 Å². The average Bonchev–Trinajstić information content (AvgIpc) is 2.77. The molecule has 5 nitrogen and oxygen atoms in total. The normalized spacial score (nSPS) is 15.0. The molecule has 0 radical (unpaired) electrons. The Labute approximate surface area is 125 Å². The summed E-state index contributed by atoms with van der Waals surface area (Å²) in [5.41, 5.74) is 1.74. The van der Waals surface area contributed by atoms with Crippen molar-refractivity contribution in [1.82, 2.24) is 4.98 Å². The zero-order chi connectivity index (χ0) is 14.8. The summed E-state index contributed by atoms with van der Waals surface area (Å²) in [6, 6.07) is 5.67. The average molecular weight is 307 g/mol. The molecule has 1 aliphatic heterocycles. The highest BCUT2D eigenvalue weighted by molar-refractivity contribution is 7.83. The van der Waals surface area contributed by atoms with Crippen LogP contribution in [0.2, 0.25) is 0 Å². The van der Waals surface area contributed by atoms with Gasteiger partial charge in [-0.1, -0.05) is 12.1 Å². The van der Waals surface area contributed by atoms with Crippen molar-refractivity contribution in [3.8, 4) is 11.5 Å². The van der Waals surface area contributed by atoms with Gasteiger partial charge in [0.05, 0.1) is 11.4 Å². The molecule has 112 valence electrons. The third-order valence-corrected chi connectivity index (χ3v) is 4.52. The number of para-hydroxylation sites is 1. The van der Waals surface area contributed by atoms with Gasteiger partial charge in [0.15, 0.2) is 11.5 Å². The van der Waals surface area contributed by atoms with Crippen molar-refractivity contribution in [1.29, 1.82) is 0 Å². The van der Waals surface area contributed by atoms with E-state index in [1.54, 1.807) is 0 Å². The van der Waals surface area contributed by atoms with E-state index in [0.717, 1.165) is 22.8 Å². The first kappa shape index (κ1) is 14.1. The van der Waals surface area contributed by atoms with Gasteiger partial charge >= 0.3 is 0 Å². The van der Waals surface area contributed by atoms with Gasteiger partial charge in [-0.25, -0.2) is 4.98 Å². The number of fused-ring (bicyclic) bond motifs is 1. The van der Waals surface area contributed by atoms with E-state index in [4.69, 9.17) is 13.9 Å². The first-order chi connectivity index (χ1) is 10.1. The smallest absolute Gasteiger partial charge is 0.207 e. The van der Waals surface area contributed by atoms with Crippen molar-refractivity contribution in [3.05, 3.63) is 41.1 Å². The first-order valence-corrected chi connectivity index (χ1v) is 8.27. The number of hydrogen-bond acceptors (Lipinski definition) is 5. The summed E-state index contributed by atoms with van der Waals surface area (Å²) >= 11 is 0. The molecule has 6 heteroatoms. The lowest BCUT2D eigenvalue weighted by molar-refractivity contribution is 0.170. The van der Waals surface area contributed by atoms with Crippen LogP contribution in [0.15, 0.2) is 22.6 Å².